The van der Waals surface area contributed by atoms with E-state index in [1.807, 2.05) is 7.05 Å². The van der Waals surface area contributed by atoms with Crippen LogP contribution in [0.25, 0.3) is 0 Å². The van der Waals surface area contributed by atoms with E-state index < -0.39 is 10.0 Å². The summed E-state index contributed by atoms with van der Waals surface area (Å²) < 4.78 is 31.5. The Hall–Kier alpha value is -1.37. The van der Waals surface area contributed by atoms with Crippen molar-refractivity contribution in [3.05, 3.63) is 36.9 Å². The summed E-state index contributed by atoms with van der Waals surface area (Å²) in [5.41, 5.74) is 0. The number of hydrogen-bond acceptors (Lipinski definition) is 4. The van der Waals surface area contributed by atoms with Crippen LogP contribution in [0.2, 0.25) is 0 Å². The van der Waals surface area contributed by atoms with Gasteiger partial charge in [-0.2, -0.15) is 4.31 Å². The molecule has 0 unspecified atom stereocenters. The highest BCUT2D eigenvalue weighted by Gasteiger charge is 2.21. The minimum atomic E-state index is -3.46. The summed E-state index contributed by atoms with van der Waals surface area (Å²) in [5.74, 6) is 0.658. The second kappa shape index (κ2) is 8.04. The maximum absolute atomic E-state index is 12.4. The maximum Gasteiger partial charge on any atom is 0.243 e. The Bertz CT molecular complexity index is 512. The van der Waals surface area contributed by atoms with Gasteiger partial charge in [0.15, 0.2) is 0 Å². The Morgan fingerprint density at radius 3 is 2.50 bits per heavy atom. The molecule has 0 aliphatic carbocycles. The minimum absolute atomic E-state index is 0.266. The second-order valence-corrected chi connectivity index (χ2v) is 6.11. The van der Waals surface area contributed by atoms with E-state index in [1.165, 1.54) is 4.31 Å². The van der Waals surface area contributed by atoms with Crippen molar-refractivity contribution in [2.24, 2.45) is 0 Å². The summed E-state index contributed by atoms with van der Waals surface area (Å²) in [6, 6.07) is 6.47. The van der Waals surface area contributed by atoms with Gasteiger partial charge in [0.1, 0.15) is 12.4 Å². The number of benzene rings is 1. The lowest BCUT2D eigenvalue weighted by molar-refractivity contribution is 0.318. The van der Waals surface area contributed by atoms with Crippen molar-refractivity contribution in [2.45, 2.75) is 11.8 Å². The Kier molecular flexibility index (Phi) is 6.70. The molecule has 0 aliphatic heterocycles. The summed E-state index contributed by atoms with van der Waals surface area (Å²) >= 11 is 0. The molecular weight excluding hydrogens is 276 g/mol. The summed E-state index contributed by atoms with van der Waals surface area (Å²) in [6.07, 6.45) is 1.58. The fourth-order valence-corrected chi connectivity index (χ4v) is 3.09. The first kappa shape index (κ1) is 16.7. The van der Waals surface area contributed by atoms with E-state index in [1.54, 1.807) is 37.3 Å². The number of nitrogens with zero attached hydrogens (tertiary/aromatic N) is 1. The second-order valence-electron chi connectivity index (χ2n) is 4.17. The van der Waals surface area contributed by atoms with Crippen LogP contribution in [0.5, 0.6) is 5.75 Å². The summed E-state index contributed by atoms with van der Waals surface area (Å²) in [7, 11) is -1.62. The summed E-state index contributed by atoms with van der Waals surface area (Å²) in [4.78, 5) is 0.266. The van der Waals surface area contributed by atoms with Crippen molar-refractivity contribution in [1.82, 2.24) is 9.62 Å². The van der Waals surface area contributed by atoms with Gasteiger partial charge < -0.3 is 10.1 Å². The van der Waals surface area contributed by atoms with E-state index in [9.17, 15) is 8.42 Å². The van der Waals surface area contributed by atoms with Crippen molar-refractivity contribution in [1.29, 1.82) is 0 Å². The van der Waals surface area contributed by atoms with Crippen molar-refractivity contribution >= 4 is 10.0 Å². The molecule has 0 bridgehead atoms. The summed E-state index contributed by atoms with van der Waals surface area (Å²) in [6.45, 7) is 7.38. The predicted molar refractivity (Wildman–Crippen MR) is 80.5 cm³/mol. The molecule has 0 fully saturated rings. The van der Waals surface area contributed by atoms with E-state index in [0.29, 0.717) is 25.4 Å². The van der Waals surface area contributed by atoms with Crippen LogP contribution in [-0.2, 0) is 10.0 Å². The Morgan fingerprint density at radius 2 is 2.00 bits per heavy atom. The molecule has 0 heterocycles. The van der Waals surface area contributed by atoms with E-state index in [2.05, 4.69) is 11.9 Å². The molecule has 1 aromatic carbocycles. The molecule has 1 N–H and O–H groups in total. The Labute approximate surface area is 121 Å². The van der Waals surface area contributed by atoms with Crippen LogP contribution in [0.15, 0.2) is 41.8 Å². The SMILES string of the molecule is C=CCN(CC)S(=O)(=O)c1ccc(OCCNC)cc1. The minimum Gasteiger partial charge on any atom is -0.492 e. The van der Waals surface area contributed by atoms with Gasteiger partial charge in [-0.05, 0) is 31.3 Å². The van der Waals surface area contributed by atoms with Gasteiger partial charge >= 0.3 is 0 Å². The van der Waals surface area contributed by atoms with Crippen LogP contribution in [0, 0.1) is 0 Å². The molecule has 1 aromatic rings. The maximum atomic E-state index is 12.4. The van der Waals surface area contributed by atoms with Crippen LogP contribution in [0.4, 0.5) is 0 Å². The Balaban J connectivity index is 2.83. The van der Waals surface area contributed by atoms with Gasteiger partial charge in [0.05, 0.1) is 4.90 Å². The largest absolute Gasteiger partial charge is 0.492 e. The number of likely N-dealkylation sites (N-methyl/N-ethyl adjacent to an activating group) is 2. The zero-order valence-electron chi connectivity index (χ0n) is 12.0. The molecule has 112 valence electrons. The van der Waals surface area contributed by atoms with Crippen molar-refractivity contribution in [3.63, 3.8) is 0 Å². The first-order valence-electron chi connectivity index (χ1n) is 6.54. The lowest BCUT2D eigenvalue weighted by Crippen LogP contribution is -2.30. The first-order chi connectivity index (χ1) is 9.56. The topological polar surface area (TPSA) is 58.6 Å². The molecule has 6 heteroatoms. The van der Waals surface area contributed by atoms with Crippen molar-refractivity contribution in [3.8, 4) is 5.75 Å². The quantitative estimate of drug-likeness (QED) is 0.554. The van der Waals surface area contributed by atoms with Crippen LogP contribution >= 0.6 is 0 Å². The third kappa shape index (κ3) is 4.33. The van der Waals surface area contributed by atoms with Crippen LogP contribution < -0.4 is 10.1 Å². The van der Waals surface area contributed by atoms with E-state index in [-0.39, 0.29) is 4.90 Å². The van der Waals surface area contributed by atoms with E-state index >= 15 is 0 Å². The molecule has 0 spiro atoms. The highest BCUT2D eigenvalue weighted by molar-refractivity contribution is 7.89. The molecular formula is C14H22N2O3S. The highest BCUT2D eigenvalue weighted by atomic mass is 32.2. The molecule has 0 saturated carbocycles. The monoisotopic (exact) mass is 298 g/mol. The van der Waals surface area contributed by atoms with Crippen LogP contribution in [-0.4, -0.2) is 46.0 Å². The van der Waals surface area contributed by atoms with Gasteiger partial charge in [-0.15, -0.1) is 6.58 Å². The highest BCUT2D eigenvalue weighted by Crippen LogP contribution is 2.19. The van der Waals surface area contributed by atoms with Gasteiger partial charge in [0.25, 0.3) is 0 Å². The van der Waals surface area contributed by atoms with Gasteiger partial charge in [-0.25, -0.2) is 8.42 Å². The van der Waals surface area contributed by atoms with E-state index in [0.717, 1.165) is 6.54 Å². The zero-order valence-corrected chi connectivity index (χ0v) is 12.8. The molecule has 0 aromatic heterocycles. The van der Waals surface area contributed by atoms with Crippen molar-refractivity contribution < 1.29 is 13.2 Å². The average Bonchev–Trinajstić information content (AvgIpc) is 2.45. The standard InChI is InChI=1S/C14H22N2O3S/c1-4-11-16(5-2)20(17,18)14-8-6-13(7-9-14)19-12-10-15-3/h4,6-9,15H,1,5,10-12H2,2-3H3. The molecule has 20 heavy (non-hydrogen) atoms. The number of sulfonamides is 1. The van der Waals surface area contributed by atoms with Crippen molar-refractivity contribution in [2.75, 3.05) is 33.3 Å². The lowest BCUT2D eigenvalue weighted by Gasteiger charge is -2.18. The van der Waals surface area contributed by atoms with Crippen LogP contribution in [0.1, 0.15) is 6.92 Å². The third-order valence-electron chi connectivity index (χ3n) is 2.77. The third-order valence-corrected chi connectivity index (χ3v) is 4.72. The van der Waals surface area contributed by atoms with Gasteiger partial charge in [0.2, 0.25) is 10.0 Å². The molecule has 0 aliphatic rings. The first-order valence-corrected chi connectivity index (χ1v) is 7.98. The molecule has 0 atom stereocenters. The lowest BCUT2D eigenvalue weighted by atomic mass is 10.3. The normalized spacial score (nSPS) is 11.6. The molecule has 0 radical (unpaired) electrons. The zero-order chi connectivity index (χ0) is 15.0. The molecule has 1 rings (SSSR count). The molecule has 0 saturated heterocycles. The number of nitrogens with one attached hydrogen (secondary N) is 1. The fourth-order valence-electron chi connectivity index (χ4n) is 1.67. The van der Waals surface area contributed by atoms with Gasteiger partial charge in [-0.3, -0.25) is 0 Å². The number of rotatable bonds is 9. The Morgan fingerprint density at radius 1 is 1.35 bits per heavy atom. The number of ether oxygens (including phenoxy) is 1. The van der Waals surface area contributed by atoms with Crippen LogP contribution in [0.3, 0.4) is 0 Å². The van der Waals surface area contributed by atoms with E-state index in [4.69, 9.17) is 4.74 Å². The average molecular weight is 298 g/mol. The molecule has 5 nitrogen and oxygen atoms in total. The van der Waals surface area contributed by atoms with Gasteiger partial charge in [0, 0.05) is 19.6 Å². The predicted octanol–water partition coefficient (Wildman–Crippen LogP) is 1.48. The van der Waals surface area contributed by atoms with Gasteiger partial charge in [-0.1, -0.05) is 13.0 Å². The summed E-state index contributed by atoms with van der Waals surface area (Å²) in [5, 5.41) is 2.97. The smallest absolute Gasteiger partial charge is 0.243 e. The fraction of sp³-hybridized carbons (Fsp3) is 0.429. The molecule has 0 amide bonds. The number of hydrogen-bond donors (Lipinski definition) is 1.